The molecule has 17 N–H and O–H groups in total. The topological polar surface area (TPSA) is 361 Å². The van der Waals surface area contributed by atoms with Gasteiger partial charge in [0.2, 0.25) is 35.4 Å². The number of aliphatic imine (C=N–C) groups is 1. The normalized spacial score (nSPS) is 16.3. The van der Waals surface area contributed by atoms with Crippen molar-refractivity contribution in [2.75, 3.05) is 32.7 Å². The van der Waals surface area contributed by atoms with Crippen molar-refractivity contribution in [2.45, 2.75) is 120 Å². The van der Waals surface area contributed by atoms with Crippen molar-refractivity contribution < 1.29 is 38.7 Å². The van der Waals surface area contributed by atoms with Crippen molar-refractivity contribution in [1.82, 2.24) is 36.5 Å². The van der Waals surface area contributed by atoms with Crippen LogP contribution in [0.1, 0.15) is 83.1 Å². The Hall–Kier alpha value is -5.80. The van der Waals surface area contributed by atoms with Crippen LogP contribution in [-0.4, -0.2) is 131 Å². The molecule has 0 unspecified atom stereocenters. The highest BCUT2D eigenvalue weighted by Crippen LogP contribution is 2.21. The number of rotatable bonds is 26. The van der Waals surface area contributed by atoms with E-state index in [1.54, 1.807) is 6.20 Å². The molecule has 2 aromatic rings. The number of H-pyrrole nitrogens is 1. The minimum Gasteiger partial charge on any atom is -0.480 e. The first-order chi connectivity index (χ1) is 29.2. The molecule has 61 heavy (non-hydrogen) atoms. The minimum absolute atomic E-state index is 0.00965. The fraction of sp³-hybridized carbons (Fsp3) is 0.600. The molecule has 338 valence electrons. The van der Waals surface area contributed by atoms with Gasteiger partial charge in [-0.15, -0.1) is 0 Å². The molecule has 0 bridgehead atoms. The summed E-state index contributed by atoms with van der Waals surface area (Å²) in [4.78, 5) is 102. The van der Waals surface area contributed by atoms with Gasteiger partial charge < -0.3 is 70.2 Å². The number of nitrogens with zero attached hydrogens (tertiary/aromatic N) is 2. The highest BCUT2D eigenvalue weighted by atomic mass is 16.4. The molecule has 0 saturated carbocycles. The Morgan fingerprint density at radius 1 is 0.820 bits per heavy atom. The Bertz CT molecular complexity index is 1820. The molecule has 1 fully saturated rings. The third-order valence-electron chi connectivity index (χ3n) is 10.5. The summed E-state index contributed by atoms with van der Waals surface area (Å²) in [6, 6.07) is 0.778. The second-order valence-corrected chi connectivity index (χ2v) is 15.3. The number of para-hydroxylation sites is 1. The fourth-order valence-corrected chi connectivity index (χ4v) is 6.99. The second kappa shape index (κ2) is 25.7. The van der Waals surface area contributed by atoms with E-state index in [9.17, 15) is 38.7 Å². The summed E-state index contributed by atoms with van der Waals surface area (Å²) in [6.45, 7) is 2.12. The van der Waals surface area contributed by atoms with Crippen LogP contribution in [0.2, 0.25) is 0 Å². The summed E-state index contributed by atoms with van der Waals surface area (Å²) in [6.07, 6.45) is 6.31. The predicted molar refractivity (Wildman–Crippen MR) is 229 cm³/mol. The smallest absolute Gasteiger partial charge is 0.325 e. The van der Waals surface area contributed by atoms with E-state index < -0.39 is 84.2 Å². The number of carboxylic acids is 1. The molecule has 1 aromatic heterocycles. The molecule has 0 radical (unpaired) electrons. The second-order valence-electron chi connectivity index (χ2n) is 15.3. The quantitative estimate of drug-likeness (QED) is 0.0274. The molecule has 21 nitrogen and oxygen atoms in total. The van der Waals surface area contributed by atoms with Crippen molar-refractivity contribution in [2.24, 2.45) is 33.7 Å². The lowest BCUT2D eigenvalue weighted by Crippen LogP contribution is -2.60. The summed E-state index contributed by atoms with van der Waals surface area (Å²) in [5.41, 5.74) is 29.6. The molecule has 1 aliphatic rings. The van der Waals surface area contributed by atoms with Gasteiger partial charge in [0.15, 0.2) is 5.96 Å². The maximum Gasteiger partial charge on any atom is 0.325 e. The van der Waals surface area contributed by atoms with Gasteiger partial charge in [-0.3, -0.25) is 38.6 Å². The molecule has 2 heterocycles. The maximum absolute atomic E-state index is 14.2. The van der Waals surface area contributed by atoms with E-state index in [1.807, 2.05) is 24.3 Å². The Kier molecular flexibility index (Phi) is 20.9. The van der Waals surface area contributed by atoms with Gasteiger partial charge in [0.25, 0.3) is 0 Å². The largest absolute Gasteiger partial charge is 0.480 e. The molecule has 0 aliphatic carbocycles. The zero-order valence-electron chi connectivity index (χ0n) is 35.0. The third kappa shape index (κ3) is 16.3. The SMILES string of the molecule is C[C@H](NC(=O)[C@H](CCCCN)NC(=O)[C@H](Cc1c[nH]c2ccccc12)NC(=O)[C@H](CCCCN)NC(=O)[C@@H]1CCCCN1C(=O)CNC(=O)[C@@H](N)CCCN=C(N)N)C(=O)O. The van der Waals surface area contributed by atoms with Crippen molar-refractivity contribution in [3.05, 3.63) is 36.0 Å². The van der Waals surface area contributed by atoms with Crippen LogP contribution in [0.3, 0.4) is 0 Å². The zero-order valence-corrected chi connectivity index (χ0v) is 35.0. The Labute approximate surface area is 355 Å². The summed E-state index contributed by atoms with van der Waals surface area (Å²) in [5.74, 6) is -5.04. The number of aromatic amines is 1. The van der Waals surface area contributed by atoms with E-state index in [0.717, 1.165) is 10.9 Å². The average Bonchev–Trinajstić information content (AvgIpc) is 3.65. The molecule has 1 saturated heterocycles. The minimum atomic E-state index is -1.26. The Morgan fingerprint density at radius 2 is 1.44 bits per heavy atom. The lowest BCUT2D eigenvalue weighted by Gasteiger charge is -2.35. The number of aromatic nitrogens is 1. The number of guanidine groups is 1. The number of nitrogens with two attached hydrogens (primary N) is 5. The third-order valence-corrected chi connectivity index (χ3v) is 10.5. The number of piperidine rings is 1. The highest BCUT2D eigenvalue weighted by Gasteiger charge is 2.36. The van der Waals surface area contributed by atoms with Gasteiger partial charge in [-0.05, 0) is 102 Å². The first-order valence-corrected chi connectivity index (χ1v) is 20.9. The molecule has 1 aromatic carbocycles. The van der Waals surface area contributed by atoms with Gasteiger partial charge in [0, 0.05) is 36.6 Å². The number of carbonyl (C=O) groups excluding carboxylic acids is 6. The summed E-state index contributed by atoms with van der Waals surface area (Å²) >= 11 is 0. The van der Waals surface area contributed by atoms with Gasteiger partial charge >= 0.3 is 5.97 Å². The summed E-state index contributed by atoms with van der Waals surface area (Å²) in [5, 5.41) is 23.5. The molecule has 3 rings (SSSR count). The van der Waals surface area contributed by atoms with Crippen LogP contribution in [-0.2, 0) is 40.0 Å². The number of likely N-dealkylation sites (tertiary alicyclic amines) is 1. The number of fused-ring (bicyclic) bond motifs is 1. The van der Waals surface area contributed by atoms with Crippen LogP contribution >= 0.6 is 0 Å². The first kappa shape index (κ1) is 49.6. The fourth-order valence-electron chi connectivity index (χ4n) is 6.99. The number of hydrogen-bond donors (Lipinski definition) is 12. The summed E-state index contributed by atoms with van der Waals surface area (Å²) in [7, 11) is 0. The number of aliphatic carboxylic acids is 1. The molecular weight excluding hydrogens is 791 g/mol. The Balaban J connectivity index is 1.82. The van der Waals surface area contributed by atoms with Crippen LogP contribution in [0.5, 0.6) is 0 Å². The lowest BCUT2D eigenvalue weighted by molar-refractivity contribution is -0.143. The van der Waals surface area contributed by atoms with E-state index in [2.05, 4.69) is 36.6 Å². The Morgan fingerprint density at radius 3 is 2.10 bits per heavy atom. The van der Waals surface area contributed by atoms with Crippen molar-refractivity contribution in [1.29, 1.82) is 0 Å². The standard InChI is InChI=1S/C40H65N13O8/c1-24(39(60)61)49-35(56)29(14-4-7-17-41)50-37(58)31(21-25-22-47-28-13-3-2-11-26(25)28)52-36(57)30(15-5-8-18-42)51-38(59)32-16-6-9-20-53(32)33(54)23-48-34(55)27(43)12-10-19-46-40(44)45/h2-3,11,13,22,24,27,29-32,47H,4-10,12,14-21,23,41-43H2,1H3,(H,48,55)(H,49,56)(H,50,58)(H,51,59)(H,52,57)(H,60,61)(H4,44,45,46)/t24-,27-,29-,30-,31-,32-/m0/s1. The van der Waals surface area contributed by atoms with E-state index in [-0.39, 0.29) is 38.2 Å². The number of benzene rings is 1. The number of carbonyl (C=O) groups is 7. The van der Waals surface area contributed by atoms with Crippen LogP contribution < -0.4 is 55.3 Å². The number of hydrogen-bond acceptors (Lipinski definition) is 11. The van der Waals surface area contributed by atoms with Crippen molar-refractivity contribution in [3.63, 3.8) is 0 Å². The van der Waals surface area contributed by atoms with Gasteiger partial charge in [-0.1, -0.05) is 18.2 Å². The number of amides is 6. The molecule has 1 aliphatic heterocycles. The lowest BCUT2D eigenvalue weighted by atomic mass is 9.99. The van der Waals surface area contributed by atoms with Crippen LogP contribution in [0.15, 0.2) is 35.5 Å². The first-order valence-electron chi connectivity index (χ1n) is 20.9. The van der Waals surface area contributed by atoms with Gasteiger partial charge in [0.05, 0.1) is 12.6 Å². The number of nitrogens with one attached hydrogen (secondary N) is 6. The monoisotopic (exact) mass is 856 g/mol. The predicted octanol–water partition coefficient (Wildman–Crippen LogP) is -2.11. The zero-order chi connectivity index (χ0) is 44.9. The van der Waals surface area contributed by atoms with E-state index in [4.69, 9.17) is 28.7 Å². The summed E-state index contributed by atoms with van der Waals surface area (Å²) < 4.78 is 0. The molecule has 6 amide bonds. The number of carboxylic acid groups (broad SMARTS) is 1. The molecule has 0 spiro atoms. The maximum atomic E-state index is 14.2. The van der Waals surface area contributed by atoms with E-state index >= 15 is 0 Å². The van der Waals surface area contributed by atoms with E-state index in [1.165, 1.54) is 11.8 Å². The van der Waals surface area contributed by atoms with Crippen LogP contribution in [0.25, 0.3) is 10.9 Å². The highest BCUT2D eigenvalue weighted by molar-refractivity contribution is 5.97. The van der Waals surface area contributed by atoms with Crippen LogP contribution in [0.4, 0.5) is 0 Å². The van der Waals surface area contributed by atoms with Gasteiger partial charge in [-0.25, -0.2) is 0 Å². The molecule has 6 atom stereocenters. The number of unbranched alkanes of at least 4 members (excludes halogenated alkanes) is 2. The van der Waals surface area contributed by atoms with Crippen LogP contribution in [0, 0.1) is 0 Å². The molecular formula is C40H65N13O8. The van der Waals surface area contributed by atoms with Crippen molar-refractivity contribution in [3.8, 4) is 0 Å². The van der Waals surface area contributed by atoms with Gasteiger partial charge in [0.1, 0.15) is 30.2 Å². The molecule has 21 heteroatoms. The van der Waals surface area contributed by atoms with Gasteiger partial charge in [-0.2, -0.15) is 0 Å². The van der Waals surface area contributed by atoms with E-state index in [0.29, 0.717) is 76.6 Å². The average molecular weight is 856 g/mol. The van der Waals surface area contributed by atoms with Crippen molar-refractivity contribution >= 4 is 58.3 Å².